The van der Waals surface area contributed by atoms with Crippen LogP contribution in [0.4, 0.5) is 11.6 Å². The van der Waals surface area contributed by atoms with Crippen LogP contribution < -0.4 is 20.1 Å². The van der Waals surface area contributed by atoms with Crippen molar-refractivity contribution in [2.75, 3.05) is 39.8 Å². The van der Waals surface area contributed by atoms with Gasteiger partial charge in [-0.1, -0.05) is 0 Å². The molecule has 0 saturated heterocycles. The smallest absolute Gasteiger partial charge is 0.254 e. The van der Waals surface area contributed by atoms with E-state index in [0.29, 0.717) is 36.2 Å². The number of carbonyl (C=O) groups is 1. The quantitative estimate of drug-likeness (QED) is 0.709. The van der Waals surface area contributed by atoms with E-state index in [4.69, 9.17) is 14.2 Å². The SMILES string of the molecule is COCCNC(=O)c1cnc(Nc2ccc(OC)c(OC)c2)nc1. The molecule has 0 aliphatic rings. The molecule has 0 fully saturated rings. The van der Waals surface area contributed by atoms with E-state index in [1.807, 2.05) is 6.07 Å². The van der Waals surface area contributed by atoms with Gasteiger partial charge in [0, 0.05) is 37.8 Å². The first-order chi connectivity index (χ1) is 11.7. The van der Waals surface area contributed by atoms with Gasteiger partial charge in [-0.25, -0.2) is 9.97 Å². The molecule has 24 heavy (non-hydrogen) atoms. The van der Waals surface area contributed by atoms with Gasteiger partial charge in [-0.2, -0.15) is 0 Å². The van der Waals surface area contributed by atoms with Crippen LogP contribution in [0.1, 0.15) is 10.4 Å². The standard InChI is InChI=1S/C16H20N4O4/c1-22-7-6-17-15(21)11-9-18-16(19-10-11)20-12-4-5-13(23-2)14(8-12)24-3/h4-5,8-10H,6-7H2,1-3H3,(H,17,21)(H,18,19,20). The number of benzene rings is 1. The molecular formula is C16H20N4O4. The first-order valence-corrected chi connectivity index (χ1v) is 7.26. The molecule has 0 radical (unpaired) electrons. The van der Waals surface area contributed by atoms with E-state index in [1.165, 1.54) is 12.4 Å². The molecule has 1 aromatic heterocycles. The number of hydrogen-bond donors (Lipinski definition) is 2. The van der Waals surface area contributed by atoms with E-state index in [1.54, 1.807) is 33.5 Å². The Morgan fingerprint density at radius 2 is 1.79 bits per heavy atom. The highest BCUT2D eigenvalue weighted by Gasteiger charge is 2.08. The molecule has 2 N–H and O–H groups in total. The Morgan fingerprint density at radius 3 is 2.42 bits per heavy atom. The molecule has 1 amide bonds. The molecular weight excluding hydrogens is 312 g/mol. The molecule has 8 nitrogen and oxygen atoms in total. The Bertz CT molecular complexity index is 676. The van der Waals surface area contributed by atoms with E-state index in [2.05, 4.69) is 20.6 Å². The van der Waals surface area contributed by atoms with E-state index in [-0.39, 0.29) is 5.91 Å². The zero-order valence-corrected chi connectivity index (χ0v) is 13.8. The largest absolute Gasteiger partial charge is 0.493 e. The van der Waals surface area contributed by atoms with Crippen LogP contribution in [-0.4, -0.2) is 50.4 Å². The summed E-state index contributed by atoms with van der Waals surface area (Å²) in [6, 6.07) is 5.36. The van der Waals surface area contributed by atoms with Crippen molar-refractivity contribution in [3.05, 3.63) is 36.2 Å². The number of ether oxygens (including phenoxy) is 3. The van der Waals surface area contributed by atoms with E-state index in [9.17, 15) is 4.79 Å². The molecule has 0 unspecified atom stereocenters. The minimum atomic E-state index is -0.246. The second-order valence-corrected chi connectivity index (χ2v) is 4.74. The fourth-order valence-electron chi connectivity index (χ4n) is 1.92. The summed E-state index contributed by atoms with van der Waals surface area (Å²) in [4.78, 5) is 20.1. The number of methoxy groups -OCH3 is 3. The number of anilines is 2. The third-order valence-electron chi connectivity index (χ3n) is 3.15. The molecule has 1 aromatic carbocycles. The average molecular weight is 332 g/mol. The van der Waals surface area contributed by atoms with Crippen molar-refractivity contribution in [1.82, 2.24) is 15.3 Å². The van der Waals surface area contributed by atoms with Gasteiger partial charge < -0.3 is 24.8 Å². The van der Waals surface area contributed by atoms with E-state index >= 15 is 0 Å². The summed E-state index contributed by atoms with van der Waals surface area (Å²) in [5, 5.41) is 5.74. The topological polar surface area (TPSA) is 94.6 Å². The first kappa shape index (κ1) is 17.5. The lowest BCUT2D eigenvalue weighted by molar-refractivity contribution is 0.0936. The first-order valence-electron chi connectivity index (χ1n) is 7.26. The third-order valence-corrected chi connectivity index (χ3v) is 3.15. The highest BCUT2D eigenvalue weighted by Crippen LogP contribution is 2.30. The molecule has 0 atom stereocenters. The molecule has 8 heteroatoms. The van der Waals surface area contributed by atoms with Crippen LogP contribution in [-0.2, 0) is 4.74 Å². The van der Waals surface area contributed by atoms with Crippen LogP contribution in [0.3, 0.4) is 0 Å². The second kappa shape index (κ2) is 8.68. The number of aromatic nitrogens is 2. The van der Waals surface area contributed by atoms with Gasteiger partial charge in [-0.05, 0) is 12.1 Å². The van der Waals surface area contributed by atoms with E-state index < -0.39 is 0 Å². The summed E-state index contributed by atoms with van der Waals surface area (Å²) >= 11 is 0. The molecule has 2 aromatic rings. The number of carbonyl (C=O) groups excluding carboxylic acids is 1. The maximum Gasteiger partial charge on any atom is 0.254 e. The van der Waals surface area contributed by atoms with Crippen LogP contribution in [0.15, 0.2) is 30.6 Å². The number of amides is 1. The van der Waals surface area contributed by atoms with Crippen molar-refractivity contribution in [2.24, 2.45) is 0 Å². The monoisotopic (exact) mass is 332 g/mol. The maximum absolute atomic E-state index is 11.8. The fraction of sp³-hybridized carbons (Fsp3) is 0.312. The average Bonchev–Trinajstić information content (AvgIpc) is 2.62. The van der Waals surface area contributed by atoms with Gasteiger partial charge in [0.2, 0.25) is 5.95 Å². The fourth-order valence-corrected chi connectivity index (χ4v) is 1.92. The summed E-state index contributed by atoms with van der Waals surface area (Å²) in [6.45, 7) is 0.881. The summed E-state index contributed by atoms with van der Waals surface area (Å²) in [5.41, 5.74) is 1.12. The summed E-state index contributed by atoms with van der Waals surface area (Å²) in [6.07, 6.45) is 2.91. The third kappa shape index (κ3) is 4.56. The highest BCUT2D eigenvalue weighted by molar-refractivity contribution is 5.93. The molecule has 0 spiro atoms. The Morgan fingerprint density at radius 1 is 1.08 bits per heavy atom. The molecule has 0 bridgehead atoms. The molecule has 0 aliphatic heterocycles. The van der Waals surface area contributed by atoms with Crippen molar-refractivity contribution in [3.8, 4) is 11.5 Å². The van der Waals surface area contributed by atoms with Gasteiger partial charge in [0.05, 0.1) is 26.4 Å². The summed E-state index contributed by atoms with van der Waals surface area (Å²) in [7, 11) is 4.71. The molecule has 2 rings (SSSR count). The van der Waals surface area contributed by atoms with Crippen molar-refractivity contribution < 1.29 is 19.0 Å². The van der Waals surface area contributed by atoms with Crippen LogP contribution in [0.5, 0.6) is 11.5 Å². The van der Waals surface area contributed by atoms with Gasteiger partial charge in [0.25, 0.3) is 5.91 Å². The minimum absolute atomic E-state index is 0.246. The van der Waals surface area contributed by atoms with Crippen LogP contribution in [0, 0.1) is 0 Å². The zero-order chi connectivity index (χ0) is 17.4. The van der Waals surface area contributed by atoms with E-state index in [0.717, 1.165) is 5.69 Å². The summed E-state index contributed by atoms with van der Waals surface area (Å²) in [5.74, 6) is 1.35. The van der Waals surface area contributed by atoms with Crippen molar-refractivity contribution in [3.63, 3.8) is 0 Å². The summed E-state index contributed by atoms with van der Waals surface area (Å²) < 4.78 is 15.3. The Labute approximate surface area is 140 Å². The van der Waals surface area contributed by atoms with Crippen LogP contribution >= 0.6 is 0 Å². The number of hydrogen-bond acceptors (Lipinski definition) is 7. The molecule has 0 saturated carbocycles. The van der Waals surface area contributed by atoms with Crippen molar-refractivity contribution in [2.45, 2.75) is 0 Å². The lowest BCUT2D eigenvalue weighted by atomic mass is 10.2. The van der Waals surface area contributed by atoms with Gasteiger partial charge in [0.1, 0.15) is 0 Å². The normalized spacial score (nSPS) is 10.1. The highest BCUT2D eigenvalue weighted by atomic mass is 16.5. The predicted molar refractivity (Wildman–Crippen MR) is 89.1 cm³/mol. The Kier molecular flexibility index (Phi) is 6.32. The number of nitrogens with zero attached hydrogens (tertiary/aromatic N) is 2. The lowest BCUT2D eigenvalue weighted by Gasteiger charge is -2.10. The predicted octanol–water partition coefficient (Wildman–Crippen LogP) is 1.61. The van der Waals surface area contributed by atoms with Crippen molar-refractivity contribution in [1.29, 1.82) is 0 Å². The molecule has 1 heterocycles. The lowest BCUT2D eigenvalue weighted by Crippen LogP contribution is -2.27. The molecule has 128 valence electrons. The van der Waals surface area contributed by atoms with Gasteiger partial charge >= 0.3 is 0 Å². The number of rotatable bonds is 8. The van der Waals surface area contributed by atoms with Crippen LogP contribution in [0.25, 0.3) is 0 Å². The number of nitrogens with one attached hydrogen (secondary N) is 2. The van der Waals surface area contributed by atoms with Gasteiger partial charge in [0.15, 0.2) is 11.5 Å². The minimum Gasteiger partial charge on any atom is -0.493 e. The molecule has 0 aliphatic carbocycles. The Balaban J connectivity index is 2.02. The van der Waals surface area contributed by atoms with Gasteiger partial charge in [-0.3, -0.25) is 4.79 Å². The second-order valence-electron chi connectivity index (χ2n) is 4.74. The van der Waals surface area contributed by atoms with Crippen molar-refractivity contribution >= 4 is 17.5 Å². The Hall–Kier alpha value is -2.87. The zero-order valence-electron chi connectivity index (χ0n) is 13.8. The van der Waals surface area contributed by atoms with Crippen LogP contribution in [0.2, 0.25) is 0 Å². The maximum atomic E-state index is 11.8. The van der Waals surface area contributed by atoms with Gasteiger partial charge in [-0.15, -0.1) is 0 Å².